The summed E-state index contributed by atoms with van der Waals surface area (Å²) < 4.78 is 0. The molecule has 0 bridgehead atoms. The van der Waals surface area contributed by atoms with Crippen LogP contribution in [0.25, 0.3) is 0 Å². The van der Waals surface area contributed by atoms with Crippen LogP contribution in [-0.2, 0) is 11.2 Å². The predicted molar refractivity (Wildman–Crippen MR) is 58.5 cm³/mol. The highest BCUT2D eigenvalue weighted by Crippen LogP contribution is 2.20. The van der Waals surface area contributed by atoms with E-state index in [0.717, 1.165) is 17.1 Å². The van der Waals surface area contributed by atoms with Crippen molar-refractivity contribution in [2.24, 2.45) is 0 Å². The topological polar surface area (TPSA) is 42.0 Å². The maximum absolute atomic E-state index is 11.2. The number of hydrogen-bond acceptors (Lipinski definition) is 4. The fraction of sp³-hybridized carbons (Fsp3) is 0.500. The van der Waals surface area contributed by atoms with Crippen LogP contribution in [-0.4, -0.2) is 22.9 Å². The molecule has 0 aliphatic carbocycles. The van der Waals surface area contributed by atoms with Crippen LogP contribution in [0.4, 0.5) is 5.00 Å². The minimum Gasteiger partial charge on any atom is -0.315 e. The molecule has 0 aliphatic rings. The van der Waals surface area contributed by atoms with E-state index in [1.165, 1.54) is 23.1 Å². The zero-order valence-corrected chi connectivity index (χ0v) is 9.30. The van der Waals surface area contributed by atoms with Gasteiger partial charge in [-0.05, 0) is 12.7 Å². The lowest BCUT2D eigenvalue weighted by atomic mass is 10.3. The number of thiazole rings is 1. The molecule has 1 N–H and O–H groups in total. The number of aryl methyl sites for hydroxylation is 1. The van der Waals surface area contributed by atoms with E-state index in [-0.39, 0.29) is 5.91 Å². The second-order valence-electron chi connectivity index (χ2n) is 2.46. The molecule has 0 unspecified atom stereocenters. The Morgan fingerprint density at radius 1 is 1.77 bits per heavy atom. The van der Waals surface area contributed by atoms with Crippen molar-refractivity contribution in [3.05, 3.63) is 11.2 Å². The third-order valence-electron chi connectivity index (χ3n) is 1.50. The molecule has 3 nitrogen and oxygen atoms in total. The van der Waals surface area contributed by atoms with E-state index in [1.54, 1.807) is 5.51 Å². The Kier molecular flexibility index (Phi) is 4.24. The zero-order valence-electron chi connectivity index (χ0n) is 7.66. The average molecular weight is 216 g/mol. The lowest BCUT2D eigenvalue weighted by Crippen LogP contribution is -2.13. The minimum atomic E-state index is 0.0476. The summed E-state index contributed by atoms with van der Waals surface area (Å²) in [6, 6.07) is 0. The standard InChI is InChI=1S/C8H12N2OS2/c1-3-6-8(13-5-9-6)10-7(11)4-12-2/h5H,3-4H2,1-2H3,(H,10,11). The summed E-state index contributed by atoms with van der Waals surface area (Å²) in [6.45, 7) is 2.03. The summed E-state index contributed by atoms with van der Waals surface area (Å²) in [5.74, 6) is 0.549. The number of aromatic nitrogens is 1. The molecular formula is C8H12N2OS2. The molecule has 0 saturated heterocycles. The van der Waals surface area contributed by atoms with Gasteiger partial charge in [-0.3, -0.25) is 4.79 Å². The number of hydrogen-bond donors (Lipinski definition) is 1. The van der Waals surface area contributed by atoms with Crippen molar-refractivity contribution in [3.8, 4) is 0 Å². The highest BCUT2D eigenvalue weighted by atomic mass is 32.2. The maximum atomic E-state index is 11.2. The Labute approximate surface area is 86.0 Å². The minimum absolute atomic E-state index is 0.0476. The SMILES string of the molecule is CCc1ncsc1NC(=O)CSC. The third kappa shape index (κ3) is 3.00. The quantitative estimate of drug-likeness (QED) is 0.837. The highest BCUT2D eigenvalue weighted by molar-refractivity contribution is 7.99. The van der Waals surface area contributed by atoms with Crippen LogP contribution in [0.1, 0.15) is 12.6 Å². The fourth-order valence-corrected chi connectivity index (χ4v) is 2.04. The van der Waals surface area contributed by atoms with Gasteiger partial charge in [0.25, 0.3) is 0 Å². The van der Waals surface area contributed by atoms with Crippen molar-refractivity contribution < 1.29 is 4.79 Å². The molecule has 5 heteroatoms. The molecule has 0 fully saturated rings. The second kappa shape index (κ2) is 5.24. The van der Waals surface area contributed by atoms with Gasteiger partial charge in [-0.25, -0.2) is 4.98 Å². The van der Waals surface area contributed by atoms with Crippen molar-refractivity contribution in [3.63, 3.8) is 0 Å². The number of anilines is 1. The Balaban J connectivity index is 2.57. The average Bonchev–Trinajstić information content (AvgIpc) is 2.52. The molecule has 72 valence electrons. The normalized spacial score (nSPS) is 10.0. The van der Waals surface area contributed by atoms with Gasteiger partial charge in [-0.2, -0.15) is 11.8 Å². The summed E-state index contributed by atoms with van der Waals surface area (Å²) in [6.07, 6.45) is 2.77. The van der Waals surface area contributed by atoms with E-state index >= 15 is 0 Å². The van der Waals surface area contributed by atoms with Crippen LogP contribution in [0, 0.1) is 0 Å². The first-order valence-corrected chi connectivity index (χ1v) is 6.26. The van der Waals surface area contributed by atoms with Crippen LogP contribution in [0.5, 0.6) is 0 Å². The van der Waals surface area contributed by atoms with Crippen molar-refractivity contribution >= 4 is 34.0 Å². The van der Waals surface area contributed by atoms with Gasteiger partial charge >= 0.3 is 0 Å². The van der Waals surface area contributed by atoms with E-state index < -0.39 is 0 Å². The summed E-state index contributed by atoms with van der Waals surface area (Å²) in [5.41, 5.74) is 2.73. The van der Waals surface area contributed by atoms with Crippen molar-refractivity contribution in [1.82, 2.24) is 4.98 Å². The molecule has 1 aromatic rings. The van der Waals surface area contributed by atoms with Gasteiger partial charge in [0.1, 0.15) is 5.00 Å². The first-order valence-electron chi connectivity index (χ1n) is 3.99. The molecule has 1 aromatic heterocycles. The summed E-state index contributed by atoms with van der Waals surface area (Å²) >= 11 is 2.99. The van der Waals surface area contributed by atoms with Crippen LogP contribution in [0.3, 0.4) is 0 Å². The Bertz CT molecular complexity index is 285. The van der Waals surface area contributed by atoms with Gasteiger partial charge in [0.15, 0.2) is 0 Å². The summed E-state index contributed by atoms with van der Waals surface area (Å²) in [4.78, 5) is 15.4. The number of amides is 1. The molecule has 0 spiro atoms. The zero-order chi connectivity index (χ0) is 9.68. The molecule has 0 atom stereocenters. The van der Waals surface area contributed by atoms with Gasteiger partial charge in [-0.15, -0.1) is 11.3 Å². The molecule has 1 amide bonds. The van der Waals surface area contributed by atoms with Gasteiger partial charge in [-0.1, -0.05) is 6.92 Å². The van der Waals surface area contributed by atoms with Gasteiger partial charge in [0, 0.05) is 0 Å². The van der Waals surface area contributed by atoms with Gasteiger partial charge in [0.2, 0.25) is 5.91 Å². The van der Waals surface area contributed by atoms with E-state index in [0.29, 0.717) is 5.75 Å². The lowest BCUT2D eigenvalue weighted by Gasteiger charge is -2.01. The number of thioether (sulfide) groups is 1. The first kappa shape index (κ1) is 10.5. The molecule has 0 saturated carbocycles. The largest absolute Gasteiger partial charge is 0.315 e. The van der Waals surface area contributed by atoms with Crippen LogP contribution < -0.4 is 5.32 Å². The van der Waals surface area contributed by atoms with Crippen molar-refractivity contribution in [2.75, 3.05) is 17.3 Å². The van der Waals surface area contributed by atoms with Gasteiger partial charge < -0.3 is 5.32 Å². The highest BCUT2D eigenvalue weighted by Gasteiger charge is 2.07. The number of nitrogens with zero attached hydrogens (tertiary/aromatic N) is 1. The molecule has 0 aliphatic heterocycles. The van der Waals surface area contributed by atoms with E-state index in [4.69, 9.17) is 0 Å². The molecule has 1 heterocycles. The van der Waals surface area contributed by atoms with E-state index in [9.17, 15) is 4.79 Å². The monoisotopic (exact) mass is 216 g/mol. The Morgan fingerprint density at radius 3 is 3.15 bits per heavy atom. The Morgan fingerprint density at radius 2 is 2.54 bits per heavy atom. The number of nitrogens with one attached hydrogen (secondary N) is 1. The van der Waals surface area contributed by atoms with Crippen LogP contribution >= 0.6 is 23.1 Å². The van der Waals surface area contributed by atoms with Crippen LogP contribution in [0.15, 0.2) is 5.51 Å². The second-order valence-corrected chi connectivity index (χ2v) is 4.18. The number of rotatable bonds is 4. The molecule has 0 radical (unpaired) electrons. The number of carbonyl (C=O) groups is 1. The maximum Gasteiger partial charge on any atom is 0.235 e. The van der Waals surface area contributed by atoms with Crippen molar-refractivity contribution in [2.45, 2.75) is 13.3 Å². The molecule has 1 rings (SSSR count). The van der Waals surface area contributed by atoms with Gasteiger partial charge in [0.05, 0.1) is 17.0 Å². The van der Waals surface area contributed by atoms with E-state index in [2.05, 4.69) is 10.3 Å². The smallest absolute Gasteiger partial charge is 0.235 e. The number of carbonyl (C=O) groups excluding carboxylic acids is 1. The summed E-state index contributed by atoms with van der Waals surface area (Å²) in [5, 5.41) is 3.73. The molecule has 13 heavy (non-hydrogen) atoms. The predicted octanol–water partition coefficient (Wildman–Crippen LogP) is 2.01. The molecular weight excluding hydrogens is 204 g/mol. The van der Waals surface area contributed by atoms with Crippen molar-refractivity contribution in [1.29, 1.82) is 0 Å². The fourth-order valence-electron chi connectivity index (χ4n) is 0.917. The Hall–Kier alpha value is -0.550. The lowest BCUT2D eigenvalue weighted by molar-refractivity contribution is -0.113. The van der Waals surface area contributed by atoms with E-state index in [1.807, 2.05) is 13.2 Å². The summed E-state index contributed by atoms with van der Waals surface area (Å²) in [7, 11) is 0. The third-order valence-corrected chi connectivity index (χ3v) is 2.84. The van der Waals surface area contributed by atoms with Crippen LogP contribution in [0.2, 0.25) is 0 Å². The first-order chi connectivity index (χ1) is 6.27. The molecule has 0 aromatic carbocycles.